The van der Waals surface area contributed by atoms with Crippen LogP contribution in [0.1, 0.15) is 11.6 Å². The van der Waals surface area contributed by atoms with Crippen molar-refractivity contribution < 1.29 is 18.3 Å². The smallest absolute Gasteiger partial charge is 0.407 e. The third-order valence-electron chi connectivity index (χ3n) is 1.78. The second kappa shape index (κ2) is 5.44. The van der Waals surface area contributed by atoms with E-state index in [4.69, 9.17) is 17.3 Å². The molecule has 0 spiro atoms. The van der Waals surface area contributed by atoms with Gasteiger partial charge in [-0.25, -0.2) is 0 Å². The number of benzene rings is 1. The van der Waals surface area contributed by atoms with Gasteiger partial charge in [0.15, 0.2) is 0 Å². The van der Waals surface area contributed by atoms with Crippen LogP contribution in [-0.4, -0.2) is 11.3 Å². The molecule has 3 N–H and O–H groups in total. The van der Waals surface area contributed by atoms with Crippen molar-refractivity contribution in [3.05, 3.63) is 27.2 Å². The molecule has 0 saturated heterocycles. The van der Waals surface area contributed by atoms with Gasteiger partial charge in [-0.1, -0.05) is 11.6 Å². The highest BCUT2D eigenvalue weighted by molar-refractivity contribution is 9.10. The number of aromatic hydroxyl groups is 1. The highest BCUT2D eigenvalue weighted by Gasteiger charge is 2.40. The predicted molar refractivity (Wildman–Crippen MR) is 61.0 cm³/mol. The molecule has 2 nitrogen and oxygen atoms in total. The summed E-state index contributed by atoms with van der Waals surface area (Å²) in [6.45, 7) is 0. The number of rotatable bonds is 1. The quantitative estimate of drug-likeness (QED) is 0.817. The lowest BCUT2D eigenvalue weighted by Gasteiger charge is -2.18. The third-order valence-corrected chi connectivity index (χ3v) is 2.75. The van der Waals surface area contributed by atoms with E-state index in [1.165, 1.54) is 12.1 Å². The van der Waals surface area contributed by atoms with Crippen molar-refractivity contribution in [3.8, 4) is 5.75 Å². The first-order valence-corrected chi connectivity index (χ1v) is 4.91. The molecule has 0 fully saturated rings. The van der Waals surface area contributed by atoms with Gasteiger partial charge in [0.25, 0.3) is 0 Å². The van der Waals surface area contributed by atoms with Crippen LogP contribution >= 0.6 is 39.9 Å². The molecule has 0 amide bonds. The molecule has 0 aliphatic rings. The molecule has 0 bridgehead atoms. The molecule has 1 atom stereocenters. The second-order valence-electron chi connectivity index (χ2n) is 2.81. The Morgan fingerprint density at radius 2 is 1.88 bits per heavy atom. The zero-order chi connectivity index (χ0) is 11.8. The molecule has 0 unspecified atom stereocenters. The van der Waals surface area contributed by atoms with Crippen molar-refractivity contribution in [3.63, 3.8) is 0 Å². The average Bonchev–Trinajstić information content (AvgIpc) is 2.10. The Bertz CT molecular complexity index is 386. The van der Waals surface area contributed by atoms with E-state index in [1.807, 2.05) is 0 Å². The molecule has 0 heterocycles. The van der Waals surface area contributed by atoms with E-state index in [0.717, 1.165) is 0 Å². The summed E-state index contributed by atoms with van der Waals surface area (Å²) in [6, 6.07) is 0.263. The largest absolute Gasteiger partial charge is 0.506 e. The predicted octanol–water partition coefficient (Wildman–Crippen LogP) is 3.79. The van der Waals surface area contributed by atoms with E-state index in [-0.39, 0.29) is 21.9 Å². The fourth-order valence-electron chi connectivity index (χ4n) is 1.02. The Balaban J connectivity index is 0.00000225. The molecule has 1 aromatic carbocycles. The fourth-order valence-corrected chi connectivity index (χ4v) is 1.63. The van der Waals surface area contributed by atoms with E-state index in [9.17, 15) is 18.3 Å². The van der Waals surface area contributed by atoms with Gasteiger partial charge >= 0.3 is 6.18 Å². The van der Waals surface area contributed by atoms with Gasteiger partial charge in [-0.05, 0) is 28.1 Å². The van der Waals surface area contributed by atoms with Gasteiger partial charge < -0.3 is 10.8 Å². The van der Waals surface area contributed by atoms with Crippen molar-refractivity contribution in [1.29, 1.82) is 0 Å². The van der Waals surface area contributed by atoms with E-state index in [1.54, 1.807) is 0 Å². The highest BCUT2D eigenvalue weighted by atomic mass is 79.9. The molecule has 16 heavy (non-hydrogen) atoms. The second-order valence-corrected chi connectivity index (χ2v) is 4.07. The first-order chi connectivity index (χ1) is 6.75. The average molecular weight is 341 g/mol. The van der Waals surface area contributed by atoms with Crippen LogP contribution in [0.4, 0.5) is 13.2 Å². The summed E-state index contributed by atoms with van der Waals surface area (Å²) in [6.07, 6.45) is -4.65. The number of phenols is 1. The zero-order valence-corrected chi connectivity index (χ0v) is 10.7. The minimum Gasteiger partial charge on any atom is -0.506 e. The minimum absolute atomic E-state index is 0. The lowest BCUT2D eigenvalue weighted by atomic mass is 10.1. The number of alkyl halides is 3. The maximum absolute atomic E-state index is 12.3. The summed E-state index contributed by atoms with van der Waals surface area (Å²) in [7, 11) is 0. The van der Waals surface area contributed by atoms with Gasteiger partial charge in [-0.15, -0.1) is 12.4 Å². The molecular formula is C8H7BrCl2F3NO. The van der Waals surface area contributed by atoms with Crippen LogP contribution < -0.4 is 5.73 Å². The summed E-state index contributed by atoms with van der Waals surface area (Å²) >= 11 is 8.43. The number of halogens is 6. The van der Waals surface area contributed by atoms with Crippen LogP contribution in [0.25, 0.3) is 0 Å². The number of nitrogens with two attached hydrogens (primary N) is 1. The molecule has 1 aromatic rings. The summed E-state index contributed by atoms with van der Waals surface area (Å²) in [5.74, 6) is -0.590. The molecule has 1 rings (SSSR count). The van der Waals surface area contributed by atoms with Gasteiger partial charge in [0.2, 0.25) is 0 Å². The van der Waals surface area contributed by atoms with E-state index in [0.29, 0.717) is 0 Å². The Hall–Kier alpha value is -0.170. The van der Waals surface area contributed by atoms with Crippen molar-refractivity contribution in [2.45, 2.75) is 12.2 Å². The lowest BCUT2D eigenvalue weighted by Crippen LogP contribution is -2.28. The van der Waals surface area contributed by atoms with Crippen LogP contribution in [0.15, 0.2) is 16.6 Å². The molecular weight excluding hydrogens is 334 g/mol. The minimum atomic E-state index is -4.65. The Kier molecular flexibility index (Phi) is 5.38. The molecule has 0 saturated carbocycles. The molecule has 0 aromatic heterocycles. The van der Waals surface area contributed by atoms with Crippen molar-refractivity contribution in [2.75, 3.05) is 0 Å². The first kappa shape index (κ1) is 15.8. The standard InChI is InChI=1S/C8H6BrClF3NO.ClH/c9-3-1-2-4(10)5(6(3)15)7(14)8(11,12)13;/h1-2,7,15H,14H2;1H/t7-;/m1./s1. The lowest BCUT2D eigenvalue weighted by molar-refractivity contribution is -0.149. The molecule has 0 aliphatic heterocycles. The Labute approximate surface area is 109 Å². The highest BCUT2D eigenvalue weighted by Crippen LogP contribution is 2.42. The zero-order valence-electron chi connectivity index (χ0n) is 7.55. The molecule has 92 valence electrons. The van der Waals surface area contributed by atoms with E-state index >= 15 is 0 Å². The number of phenolic OH excluding ortho intramolecular Hbond substituents is 1. The van der Waals surface area contributed by atoms with Gasteiger partial charge in [-0.2, -0.15) is 13.2 Å². The summed E-state index contributed by atoms with van der Waals surface area (Å²) in [4.78, 5) is 0. The summed E-state index contributed by atoms with van der Waals surface area (Å²) in [5.41, 5.74) is 4.42. The van der Waals surface area contributed by atoms with Crippen LogP contribution in [-0.2, 0) is 0 Å². The van der Waals surface area contributed by atoms with Gasteiger partial charge in [0.1, 0.15) is 11.8 Å². The SMILES string of the molecule is Cl.N[C@H](c1c(Cl)ccc(Br)c1O)C(F)(F)F. The Morgan fingerprint density at radius 1 is 1.38 bits per heavy atom. The van der Waals surface area contributed by atoms with E-state index in [2.05, 4.69) is 15.9 Å². The number of hydrogen-bond donors (Lipinski definition) is 2. The van der Waals surface area contributed by atoms with Gasteiger partial charge in [-0.3, -0.25) is 0 Å². The molecule has 0 radical (unpaired) electrons. The molecule has 8 heteroatoms. The third kappa shape index (κ3) is 3.16. The summed E-state index contributed by atoms with van der Waals surface area (Å²) < 4.78 is 37.1. The maximum Gasteiger partial charge on any atom is 0.407 e. The van der Waals surface area contributed by atoms with Crippen molar-refractivity contribution >= 4 is 39.9 Å². The van der Waals surface area contributed by atoms with Crippen LogP contribution in [0.5, 0.6) is 5.75 Å². The fraction of sp³-hybridized carbons (Fsp3) is 0.250. The monoisotopic (exact) mass is 339 g/mol. The van der Waals surface area contributed by atoms with Gasteiger partial charge in [0.05, 0.1) is 4.47 Å². The first-order valence-electron chi connectivity index (χ1n) is 3.74. The van der Waals surface area contributed by atoms with Crippen LogP contribution in [0, 0.1) is 0 Å². The topological polar surface area (TPSA) is 46.2 Å². The number of hydrogen-bond acceptors (Lipinski definition) is 2. The normalized spacial score (nSPS) is 13.1. The van der Waals surface area contributed by atoms with Crippen LogP contribution in [0.3, 0.4) is 0 Å². The van der Waals surface area contributed by atoms with Gasteiger partial charge in [0, 0.05) is 10.6 Å². The maximum atomic E-state index is 12.3. The van der Waals surface area contributed by atoms with Crippen molar-refractivity contribution in [2.24, 2.45) is 5.73 Å². The summed E-state index contributed by atoms with van der Waals surface area (Å²) in [5, 5.41) is 9.18. The Morgan fingerprint density at radius 3 is 2.31 bits per heavy atom. The van der Waals surface area contributed by atoms with Crippen molar-refractivity contribution in [1.82, 2.24) is 0 Å². The molecule has 0 aliphatic carbocycles. The van der Waals surface area contributed by atoms with Crippen LogP contribution in [0.2, 0.25) is 5.02 Å². The van der Waals surface area contributed by atoms with E-state index < -0.39 is 23.5 Å².